The molecule has 2 aromatic carbocycles. The monoisotopic (exact) mass is 398 g/mol. The first-order valence-corrected chi connectivity index (χ1v) is 9.99. The van der Waals surface area contributed by atoms with Gasteiger partial charge in [-0.05, 0) is 24.6 Å². The molecule has 0 fully saturated rings. The minimum Gasteiger partial charge on any atom is -0.465 e. The number of carbonyl (C=O) groups excluding carboxylic acids is 3. The van der Waals surface area contributed by atoms with E-state index in [1.54, 1.807) is 18.7 Å². The van der Waals surface area contributed by atoms with E-state index in [2.05, 4.69) is 5.32 Å². The Bertz CT molecular complexity index is 856. The number of nitrogens with one attached hydrogen (secondary N) is 1. The lowest BCUT2D eigenvalue weighted by Crippen LogP contribution is -2.42. The summed E-state index contributed by atoms with van der Waals surface area (Å²) in [5.74, 6) is -1.03. The van der Waals surface area contributed by atoms with E-state index < -0.39 is 11.9 Å². The number of rotatable bonds is 6. The van der Waals surface area contributed by atoms with Gasteiger partial charge in [-0.3, -0.25) is 14.4 Å². The van der Waals surface area contributed by atoms with Crippen LogP contribution in [0.4, 0.5) is 5.69 Å². The van der Waals surface area contributed by atoms with Crippen molar-refractivity contribution in [2.75, 3.05) is 24.6 Å². The maximum Gasteiger partial charge on any atom is 0.325 e. The Balaban J connectivity index is 1.77. The predicted molar refractivity (Wildman–Crippen MR) is 108 cm³/mol. The number of fused-ring (bicyclic) bond motifs is 1. The largest absolute Gasteiger partial charge is 0.465 e. The van der Waals surface area contributed by atoms with Crippen molar-refractivity contribution >= 4 is 35.2 Å². The molecule has 1 aliphatic heterocycles. The lowest BCUT2D eigenvalue weighted by molar-refractivity contribution is -0.143. The average Bonchev–Trinajstić information content (AvgIpc) is 2.84. The van der Waals surface area contributed by atoms with E-state index in [-0.39, 0.29) is 37.3 Å². The summed E-state index contributed by atoms with van der Waals surface area (Å²) in [4.78, 5) is 39.2. The molecule has 1 N–H and O–H groups in total. The van der Waals surface area contributed by atoms with Crippen molar-refractivity contribution in [2.45, 2.75) is 23.5 Å². The predicted octanol–water partition coefficient (Wildman–Crippen LogP) is 2.94. The van der Waals surface area contributed by atoms with Crippen LogP contribution in [-0.4, -0.2) is 37.5 Å². The third-order valence-electron chi connectivity index (χ3n) is 4.29. The fraction of sp³-hybridized carbons (Fsp3) is 0.286. The van der Waals surface area contributed by atoms with Crippen molar-refractivity contribution < 1.29 is 19.1 Å². The molecule has 0 aliphatic carbocycles. The van der Waals surface area contributed by atoms with Gasteiger partial charge in [0.15, 0.2) is 0 Å². The molecule has 0 saturated carbocycles. The first-order valence-electron chi connectivity index (χ1n) is 9.11. The summed E-state index contributed by atoms with van der Waals surface area (Å²) in [6, 6.07) is 17.4. The number of carbonyl (C=O) groups is 3. The van der Waals surface area contributed by atoms with Crippen molar-refractivity contribution in [1.82, 2.24) is 5.32 Å². The highest BCUT2D eigenvalue weighted by Crippen LogP contribution is 2.45. The summed E-state index contributed by atoms with van der Waals surface area (Å²) < 4.78 is 4.81. The standard InChI is InChI=1S/C21H22N2O4S/c1-2-27-21(26)13-22-19(24)14-23-16-10-6-7-11-17(16)28-18(12-20(23)25)15-8-4-3-5-9-15/h3-11,18H,2,12-14H2,1H3,(H,22,24)/t18-/m0/s1. The zero-order valence-corrected chi connectivity index (χ0v) is 16.4. The van der Waals surface area contributed by atoms with Crippen LogP contribution < -0.4 is 10.2 Å². The first kappa shape index (κ1) is 19.9. The quantitative estimate of drug-likeness (QED) is 0.757. The van der Waals surface area contributed by atoms with Gasteiger partial charge in [-0.25, -0.2) is 0 Å². The molecule has 0 aromatic heterocycles. The summed E-state index contributed by atoms with van der Waals surface area (Å²) in [7, 11) is 0. The van der Waals surface area contributed by atoms with Gasteiger partial charge in [0.25, 0.3) is 0 Å². The number of esters is 1. The third-order valence-corrected chi connectivity index (χ3v) is 5.62. The SMILES string of the molecule is CCOC(=O)CNC(=O)CN1C(=O)C[C@@H](c2ccccc2)Sc2ccccc21. The van der Waals surface area contributed by atoms with Crippen molar-refractivity contribution in [1.29, 1.82) is 0 Å². The smallest absolute Gasteiger partial charge is 0.325 e. The van der Waals surface area contributed by atoms with E-state index in [1.165, 1.54) is 4.90 Å². The van der Waals surface area contributed by atoms with Crippen LogP contribution in [-0.2, 0) is 19.1 Å². The lowest BCUT2D eigenvalue weighted by atomic mass is 10.1. The summed E-state index contributed by atoms with van der Waals surface area (Å²) >= 11 is 1.62. The number of benzene rings is 2. The molecule has 146 valence electrons. The molecule has 2 amide bonds. The Labute approximate surface area is 168 Å². The Kier molecular flexibility index (Phi) is 6.71. The molecule has 28 heavy (non-hydrogen) atoms. The molecule has 7 heteroatoms. The molecule has 0 radical (unpaired) electrons. The molecule has 0 unspecified atom stereocenters. The highest BCUT2D eigenvalue weighted by atomic mass is 32.2. The van der Waals surface area contributed by atoms with Crippen LogP contribution in [0.3, 0.4) is 0 Å². The van der Waals surface area contributed by atoms with E-state index in [1.807, 2.05) is 54.6 Å². The Hall–Kier alpha value is -2.80. The fourth-order valence-electron chi connectivity index (χ4n) is 2.99. The van der Waals surface area contributed by atoms with Gasteiger partial charge in [-0.15, -0.1) is 11.8 Å². The van der Waals surface area contributed by atoms with Crippen LogP contribution in [0.1, 0.15) is 24.2 Å². The van der Waals surface area contributed by atoms with E-state index in [9.17, 15) is 14.4 Å². The second kappa shape index (κ2) is 9.41. The number of hydrogen-bond acceptors (Lipinski definition) is 5. The van der Waals surface area contributed by atoms with Crippen molar-refractivity contribution in [3.05, 3.63) is 60.2 Å². The van der Waals surface area contributed by atoms with Gasteiger partial charge in [0, 0.05) is 16.6 Å². The van der Waals surface area contributed by atoms with Crippen molar-refractivity contribution in [2.24, 2.45) is 0 Å². The number of amides is 2. The number of nitrogens with zero attached hydrogens (tertiary/aromatic N) is 1. The van der Waals surface area contributed by atoms with Gasteiger partial charge in [0.2, 0.25) is 11.8 Å². The molecule has 2 aromatic rings. The minimum absolute atomic E-state index is 0.0255. The lowest BCUT2D eigenvalue weighted by Gasteiger charge is -2.22. The van der Waals surface area contributed by atoms with Crippen LogP contribution in [0, 0.1) is 0 Å². The molecule has 1 aliphatic rings. The molecule has 1 atom stereocenters. The Morgan fingerprint density at radius 2 is 1.86 bits per heavy atom. The topological polar surface area (TPSA) is 75.7 Å². The van der Waals surface area contributed by atoms with E-state index >= 15 is 0 Å². The van der Waals surface area contributed by atoms with Gasteiger partial charge >= 0.3 is 5.97 Å². The molecular formula is C21H22N2O4S. The third kappa shape index (κ3) is 4.92. The zero-order valence-electron chi connectivity index (χ0n) is 15.6. The van der Waals surface area contributed by atoms with Gasteiger partial charge < -0.3 is 15.0 Å². The first-order chi connectivity index (χ1) is 13.6. The van der Waals surface area contributed by atoms with Crippen LogP contribution in [0.5, 0.6) is 0 Å². The maximum atomic E-state index is 13.0. The number of para-hydroxylation sites is 1. The number of hydrogen-bond donors (Lipinski definition) is 1. The summed E-state index contributed by atoms with van der Waals surface area (Å²) in [6.07, 6.45) is 0.286. The second-order valence-electron chi connectivity index (χ2n) is 6.25. The second-order valence-corrected chi connectivity index (χ2v) is 7.50. The molecular weight excluding hydrogens is 376 g/mol. The normalized spacial score (nSPS) is 16.1. The molecule has 6 nitrogen and oxygen atoms in total. The van der Waals surface area contributed by atoms with Gasteiger partial charge in [0.1, 0.15) is 13.1 Å². The minimum atomic E-state index is -0.502. The highest BCUT2D eigenvalue weighted by molar-refractivity contribution is 7.99. The van der Waals surface area contributed by atoms with Gasteiger partial charge in [-0.2, -0.15) is 0 Å². The zero-order chi connectivity index (χ0) is 19.9. The molecule has 0 saturated heterocycles. The number of anilines is 1. The van der Waals surface area contributed by atoms with E-state index in [0.29, 0.717) is 5.69 Å². The maximum absolute atomic E-state index is 13.0. The van der Waals surface area contributed by atoms with Crippen LogP contribution in [0.15, 0.2) is 59.5 Å². The van der Waals surface area contributed by atoms with Crippen molar-refractivity contribution in [3.8, 4) is 0 Å². The Morgan fingerprint density at radius 1 is 1.14 bits per heavy atom. The average molecular weight is 398 g/mol. The van der Waals surface area contributed by atoms with E-state index in [4.69, 9.17) is 4.74 Å². The highest BCUT2D eigenvalue weighted by Gasteiger charge is 2.30. The van der Waals surface area contributed by atoms with Crippen LogP contribution >= 0.6 is 11.8 Å². The molecule has 1 heterocycles. The van der Waals surface area contributed by atoms with Crippen LogP contribution in [0.2, 0.25) is 0 Å². The van der Waals surface area contributed by atoms with Crippen molar-refractivity contribution in [3.63, 3.8) is 0 Å². The van der Waals surface area contributed by atoms with Gasteiger partial charge in [-0.1, -0.05) is 42.5 Å². The molecule has 0 spiro atoms. The van der Waals surface area contributed by atoms with Gasteiger partial charge in [0.05, 0.1) is 12.3 Å². The summed E-state index contributed by atoms with van der Waals surface area (Å²) in [6.45, 7) is 1.60. The number of ether oxygens (including phenoxy) is 1. The number of thioether (sulfide) groups is 1. The molecule has 3 rings (SSSR count). The van der Waals surface area contributed by atoms with Crippen LogP contribution in [0.25, 0.3) is 0 Å². The molecule has 0 bridgehead atoms. The Morgan fingerprint density at radius 3 is 2.61 bits per heavy atom. The summed E-state index contributed by atoms with van der Waals surface area (Å²) in [5, 5.41) is 2.49. The summed E-state index contributed by atoms with van der Waals surface area (Å²) in [5.41, 5.74) is 1.78. The fourth-order valence-corrected chi connectivity index (χ4v) is 4.27. The van der Waals surface area contributed by atoms with E-state index in [0.717, 1.165) is 10.5 Å².